The molecule has 2 aromatic heterocycles. The maximum Gasteiger partial charge on any atom is 0.350 e. The third kappa shape index (κ3) is 5.93. The summed E-state index contributed by atoms with van der Waals surface area (Å²) in [5, 5.41) is 3.58. The van der Waals surface area contributed by atoms with Crippen molar-refractivity contribution in [2.45, 2.75) is 45.3 Å². The van der Waals surface area contributed by atoms with Crippen LogP contribution in [0.25, 0.3) is 0 Å². The van der Waals surface area contributed by atoms with Crippen LogP contribution >= 0.6 is 22.9 Å². The van der Waals surface area contributed by atoms with E-state index in [1.165, 1.54) is 6.20 Å². The van der Waals surface area contributed by atoms with Crippen molar-refractivity contribution < 1.29 is 27.8 Å². The Balaban J connectivity index is 1.69. The van der Waals surface area contributed by atoms with E-state index in [4.69, 9.17) is 21.1 Å². The zero-order valence-electron chi connectivity index (χ0n) is 17.6. The van der Waals surface area contributed by atoms with Crippen LogP contribution in [0.5, 0.6) is 0 Å². The first-order valence-corrected chi connectivity index (χ1v) is 11.3. The molecule has 32 heavy (non-hydrogen) atoms. The Morgan fingerprint density at radius 1 is 1.44 bits per heavy atom. The Hall–Kier alpha value is -2.31. The van der Waals surface area contributed by atoms with Gasteiger partial charge in [0.1, 0.15) is 11.5 Å². The number of alkyl halides is 2. The number of carbonyl (C=O) groups excluding carboxylic acids is 2. The SMILES string of the molecule is CCOC(=O)c1cnc(N2CC[C@H](NC(=O)c3nc(Cl)c(CC)[nH]3)[C@H](OCC(F)F)C2)s1. The number of aromatic amines is 1. The molecular formula is C19H24ClF2N5O4S. The van der Waals surface area contributed by atoms with Gasteiger partial charge in [-0.05, 0) is 19.8 Å². The summed E-state index contributed by atoms with van der Waals surface area (Å²) in [5.41, 5.74) is 0.637. The number of thiazole rings is 1. The first-order chi connectivity index (χ1) is 15.3. The number of anilines is 1. The molecular weight excluding hydrogens is 468 g/mol. The number of halogens is 3. The molecule has 0 bridgehead atoms. The van der Waals surface area contributed by atoms with Gasteiger partial charge in [0.2, 0.25) is 0 Å². The van der Waals surface area contributed by atoms with Crippen molar-refractivity contribution in [2.24, 2.45) is 0 Å². The van der Waals surface area contributed by atoms with Crippen LogP contribution in [0, 0.1) is 0 Å². The molecule has 1 fully saturated rings. The van der Waals surface area contributed by atoms with Gasteiger partial charge in [0.25, 0.3) is 12.3 Å². The highest BCUT2D eigenvalue weighted by Gasteiger charge is 2.34. The number of nitrogens with one attached hydrogen (secondary N) is 2. The number of carbonyl (C=O) groups is 2. The number of rotatable bonds is 9. The van der Waals surface area contributed by atoms with E-state index in [0.29, 0.717) is 35.1 Å². The standard InChI is InChI=1S/C19H24ClF2N5O4S/c1-3-10-15(20)26-16(24-10)17(28)25-11-5-6-27(8-12(11)31-9-14(21)22)19-23-7-13(32-19)18(29)30-4-2/h7,11-12,14H,3-6,8-9H2,1-2H3,(H,24,26)(H,25,28)/t11-,12+/m0/s1. The fourth-order valence-electron chi connectivity index (χ4n) is 3.29. The summed E-state index contributed by atoms with van der Waals surface area (Å²) in [7, 11) is 0. The van der Waals surface area contributed by atoms with Crippen molar-refractivity contribution >= 4 is 39.9 Å². The van der Waals surface area contributed by atoms with Crippen molar-refractivity contribution in [3.63, 3.8) is 0 Å². The van der Waals surface area contributed by atoms with E-state index in [1.807, 2.05) is 11.8 Å². The summed E-state index contributed by atoms with van der Waals surface area (Å²) in [5.74, 6) is -0.900. The number of aryl methyl sites for hydroxylation is 1. The number of imidazole rings is 1. The Morgan fingerprint density at radius 3 is 2.88 bits per heavy atom. The van der Waals surface area contributed by atoms with Gasteiger partial charge in [-0.25, -0.2) is 23.5 Å². The number of ether oxygens (including phenoxy) is 2. The lowest BCUT2D eigenvalue weighted by Crippen LogP contribution is -2.55. The van der Waals surface area contributed by atoms with Gasteiger partial charge in [-0.3, -0.25) is 4.79 Å². The number of piperidine rings is 1. The summed E-state index contributed by atoms with van der Waals surface area (Å²) in [6.07, 6.45) is -0.935. The molecule has 3 rings (SSSR count). The lowest BCUT2D eigenvalue weighted by atomic mass is 10.0. The predicted molar refractivity (Wildman–Crippen MR) is 115 cm³/mol. The van der Waals surface area contributed by atoms with Gasteiger partial charge < -0.3 is 24.7 Å². The molecule has 0 aliphatic carbocycles. The van der Waals surface area contributed by atoms with Crippen molar-refractivity contribution in [3.8, 4) is 0 Å². The molecule has 2 atom stereocenters. The molecule has 2 N–H and O–H groups in total. The molecule has 13 heteroatoms. The number of amides is 1. The first kappa shape index (κ1) is 24.3. The first-order valence-electron chi connectivity index (χ1n) is 10.1. The monoisotopic (exact) mass is 491 g/mol. The molecule has 0 saturated carbocycles. The number of hydrogen-bond donors (Lipinski definition) is 2. The van der Waals surface area contributed by atoms with Gasteiger partial charge in [-0.15, -0.1) is 0 Å². The molecule has 0 radical (unpaired) electrons. The van der Waals surface area contributed by atoms with Crippen LogP contribution in [0.15, 0.2) is 6.20 Å². The molecule has 176 valence electrons. The number of aromatic nitrogens is 3. The van der Waals surface area contributed by atoms with Crippen LogP contribution in [0.2, 0.25) is 5.15 Å². The normalized spacial score (nSPS) is 18.8. The minimum Gasteiger partial charge on any atom is -0.462 e. The van der Waals surface area contributed by atoms with Gasteiger partial charge in [-0.2, -0.15) is 0 Å². The molecule has 0 unspecified atom stereocenters. The van der Waals surface area contributed by atoms with Crippen molar-refractivity contribution in [1.82, 2.24) is 20.3 Å². The van der Waals surface area contributed by atoms with Crippen LogP contribution in [0.3, 0.4) is 0 Å². The molecule has 1 aliphatic heterocycles. The van der Waals surface area contributed by atoms with Crippen molar-refractivity contribution in [1.29, 1.82) is 0 Å². The fraction of sp³-hybridized carbons (Fsp3) is 0.579. The van der Waals surface area contributed by atoms with Gasteiger partial charge in [-0.1, -0.05) is 29.9 Å². The summed E-state index contributed by atoms with van der Waals surface area (Å²) in [6.45, 7) is 3.77. The molecule has 1 saturated heterocycles. The van der Waals surface area contributed by atoms with E-state index in [9.17, 15) is 18.4 Å². The van der Waals surface area contributed by atoms with Crippen LogP contribution in [-0.2, 0) is 15.9 Å². The lowest BCUT2D eigenvalue weighted by Gasteiger charge is -2.38. The minimum atomic E-state index is -2.65. The maximum absolute atomic E-state index is 12.8. The smallest absolute Gasteiger partial charge is 0.350 e. The zero-order valence-corrected chi connectivity index (χ0v) is 19.1. The molecule has 9 nitrogen and oxygen atoms in total. The number of esters is 1. The van der Waals surface area contributed by atoms with E-state index in [2.05, 4.69) is 20.3 Å². The fourth-order valence-corrected chi connectivity index (χ4v) is 4.41. The summed E-state index contributed by atoms with van der Waals surface area (Å²) < 4.78 is 36.0. The molecule has 1 amide bonds. The minimum absolute atomic E-state index is 0.0564. The predicted octanol–water partition coefficient (Wildman–Crippen LogP) is 2.92. The van der Waals surface area contributed by atoms with Crippen LogP contribution < -0.4 is 10.2 Å². The van der Waals surface area contributed by atoms with Crippen LogP contribution in [-0.4, -0.2) is 71.7 Å². The average Bonchev–Trinajstić information content (AvgIpc) is 3.40. The van der Waals surface area contributed by atoms with Gasteiger partial charge in [0.15, 0.2) is 16.1 Å². The number of H-pyrrole nitrogens is 1. The Morgan fingerprint density at radius 2 is 2.22 bits per heavy atom. The zero-order chi connectivity index (χ0) is 23.3. The highest BCUT2D eigenvalue weighted by Crippen LogP contribution is 2.27. The Labute approximate surface area is 192 Å². The second-order valence-corrected chi connectivity index (χ2v) is 8.38. The highest BCUT2D eigenvalue weighted by molar-refractivity contribution is 7.17. The second kappa shape index (κ2) is 11.0. The third-order valence-electron chi connectivity index (χ3n) is 4.85. The second-order valence-electron chi connectivity index (χ2n) is 7.01. The van der Waals surface area contributed by atoms with Crippen molar-refractivity contribution in [2.75, 3.05) is 31.2 Å². The summed E-state index contributed by atoms with van der Waals surface area (Å²) in [6, 6.07) is -0.518. The molecule has 3 heterocycles. The van der Waals surface area contributed by atoms with E-state index >= 15 is 0 Å². The van der Waals surface area contributed by atoms with Gasteiger partial charge >= 0.3 is 5.97 Å². The van der Waals surface area contributed by atoms with Crippen LogP contribution in [0.4, 0.5) is 13.9 Å². The number of nitrogens with zero attached hydrogens (tertiary/aromatic N) is 3. The van der Waals surface area contributed by atoms with E-state index in [-0.39, 0.29) is 24.1 Å². The molecule has 2 aromatic rings. The van der Waals surface area contributed by atoms with Gasteiger partial charge in [0, 0.05) is 13.1 Å². The Bertz CT molecular complexity index is 941. The van der Waals surface area contributed by atoms with Crippen LogP contribution in [0.1, 0.15) is 46.3 Å². The molecule has 0 aromatic carbocycles. The number of hydrogen-bond acceptors (Lipinski definition) is 8. The van der Waals surface area contributed by atoms with E-state index in [1.54, 1.807) is 6.92 Å². The highest BCUT2D eigenvalue weighted by atomic mass is 35.5. The third-order valence-corrected chi connectivity index (χ3v) is 6.20. The average molecular weight is 492 g/mol. The molecule has 0 spiro atoms. The molecule has 1 aliphatic rings. The largest absolute Gasteiger partial charge is 0.462 e. The van der Waals surface area contributed by atoms with E-state index in [0.717, 1.165) is 11.3 Å². The topological polar surface area (TPSA) is 109 Å². The van der Waals surface area contributed by atoms with Crippen molar-refractivity contribution in [3.05, 3.63) is 27.7 Å². The summed E-state index contributed by atoms with van der Waals surface area (Å²) >= 11 is 7.15. The van der Waals surface area contributed by atoms with E-state index < -0.39 is 37.1 Å². The Kier molecular flexibility index (Phi) is 8.38. The maximum atomic E-state index is 12.8. The van der Waals surface area contributed by atoms with Gasteiger partial charge in [0.05, 0.1) is 30.6 Å². The lowest BCUT2D eigenvalue weighted by molar-refractivity contribution is -0.0391. The quantitative estimate of drug-likeness (QED) is 0.519. The summed E-state index contributed by atoms with van der Waals surface area (Å²) in [4.78, 5) is 37.8.